The molecule has 1 aliphatic rings. The van der Waals surface area contributed by atoms with Gasteiger partial charge in [-0.3, -0.25) is 5.43 Å². The van der Waals surface area contributed by atoms with Crippen LogP contribution in [0.15, 0.2) is 41.8 Å². The third-order valence-electron chi connectivity index (χ3n) is 6.38. The van der Waals surface area contributed by atoms with Crippen molar-refractivity contribution in [1.29, 1.82) is 0 Å². The van der Waals surface area contributed by atoms with E-state index in [1.807, 2.05) is 36.5 Å². The van der Waals surface area contributed by atoms with E-state index in [0.717, 1.165) is 34.8 Å². The van der Waals surface area contributed by atoms with Gasteiger partial charge in [0, 0.05) is 4.88 Å². The Hall–Kier alpha value is -2.27. The fraction of sp³-hybridized carbons (Fsp3) is 0.435. The van der Waals surface area contributed by atoms with Gasteiger partial charge >= 0.3 is 0 Å². The third-order valence-corrected chi connectivity index (χ3v) is 7.58. The molecule has 0 saturated heterocycles. The van der Waals surface area contributed by atoms with Crippen molar-refractivity contribution in [1.82, 2.24) is 9.97 Å². The molecule has 1 unspecified atom stereocenters. The molecule has 3 aromatic rings. The lowest BCUT2D eigenvalue weighted by atomic mass is 9.69. The predicted molar refractivity (Wildman–Crippen MR) is 119 cm³/mol. The summed E-state index contributed by atoms with van der Waals surface area (Å²) in [7, 11) is 0. The molecule has 1 atom stereocenters. The van der Waals surface area contributed by atoms with Gasteiger partial charge in [-0.05, 0) is 48.6 Å². The monoisotopic (exact) mass is 392 g/mol. The largest absolute Gasteiger partial charge is 0.260 e. The fourth-order valence-electron chi connectivity index (χ4n) is 4.03. The number of aromatic nitrogens is 2. The van der Waals surface area contributed by atoms with Gasteiger partial charge in [0.25, 0.3) is 0 Å². The molecule has 0 radical (unpaired) electrons. The highest BCUT2D eigenvalue weighted by atomic mass is 32.1. The molecule has 0 amide bonds. The summed E-state index contributed by atoms with van der Waals surface area (Å²) in [6.45, 7) is 9.13. The normalized spacial score (nSPS) is 17.6. The molecule has 0 saturated carbocycles. The topological polar surface area (TPSA) is 50.2 Å². The number of nitrogens with zero attached hydrogens (tertiary/aromatic N) is 3. The Morgan fingerprint density at radius 3 is 2.79 bits per heavy atom. The summed E-state index contributed by atoms with van der Waals surface area (Å²) >= 11 is 1.83. The van der Waals surface area contributed by atoms with Gasteiger partial charge in [-0.2, -0.15) is 5.10 Å². The van der Waals surface area contributed by atoms with E-state index in [4.69, 9.17) is 0 Å². The zero-order valence-electron chi connectivity index (χ0n) is 17.1. The molecule has 0 bridgehead atoms. The van der Waals surface area contributed by atoms with Crippen LogP contribution in [0.3, 0.4) is 0 Å². The van der Waals surface area contributed by atoms with E-state index in [2.05, 4.69) is 53.4 Å². The van der Waals surface area contributed by atoms with Gasteiger partial charge in [0.05, 0.1) is 11.1 Å². The molecule has 2 heterocycles. The standard InChI is InChI=1S/C23H28N4S/c1-5-23(3,4)17-11-12-19-18(13-17)20-21(24-14-25-22(20)28-19)27-26-15(2)16-9-7-6-8-10-16/h6-10,14,17H,5,11-13H2,1-4H3,(H,24,25,27). The Morgan fingerprint density at radius 2 is 2.04 bits per heavy atom. The van der Waals surface area contributed by atoms with Crippen molar-refractivity contribution in [3.8, 4) is 0 Å². The number of fused-ring (bicyclic) bond motifs is 3. The van der Waals surface area contributed by atoms with Gasteiger partial charge in [0.15, 0.2) is 5.82 Å². The highest BCUT2D eigenvalue weighted by Gasteiger charge is 2.33. The Morgan fingerprint density at radius 1 is 1.25 bits per heavy atom. The molecule has 1 N–H and O–H groups in total. The number of hydrogen-bond acceptors (Lipinski definition) is 5. The second-order valence-corrected chi connectivity index (χ2v) is 9.45. The van der Waals surface area contributed by atoms with E-state index in [-0.39, 0.29) is 0 Å². The molecule has 146 valence electrons. The first-order valence-corrected chi connectivity index (χ1v) is 10.9. The third kappa shape index (κ3) is 3.55. The number of benzene rings is 1. The molecule has 2 aromatic heterocycles. The van der Waals surface area contributed by atoms with Gasteiger partial charge in [-0.15, -0.1) is 11.3 Å². The summed E-state index contributed by atoms with van der Waals surface area (Å²) in [4.78, 5) is 11.6. The number of nitrogens with one attached hydrogen (secondary N) is 1. The van der Waals surface area contributed by atoms with Crippen LogP contribution in [0.5, 0.6) is 0 Å². The average molecular weight is 393 g/mol. The smallest absolute Gasteiger partial charge is 0.158 e. The Balaban J connectivity index is 1.68. The van der Waals surface area contributed by atoms with Crippen molar-refractivity contribution in [2.24, 2.45) is 16.4 Å². The molecule has 4 rings (SSSR count). The highest BCUT2D eigenvalue weighted by molar-refractivity contribution is 7.19. The zero-order valence-corrected chi connectivity index (χ0v) is 17.9. The van der Waals surface area contributed by atoms with Crippen molar-refractivity contribution >= 4 is 33.1 Å². The van der Waals surface area contributed by atoms with E-state index in [0.29, 0.717) is 11.3 Å². The number of hydrazone groups is 1. The minimum Gasteiger partial charge on any atom is -0.260 e. The molecular weight excluding hydrogens is 364 g/mol. The second kappa shape index (κ2) is 7.63. The van der Waals surface area contributed by atoms with Gasteiger partial charge in [0.1, 0.15) is 11.2 Å². The van der Waals surface area contributed by atoms with Crippen LogP contribution in [0.2, 0.25) is 0 Å². The molecule has 0 spiro atoms. The summed E-state index contributed by atoms with van der Waals surface area (Å²) in [5, 5.41) is 5.78. The summed E-state index contributed by atoms with van der Waals surface area (Å²) in [5.74, 6) is 1.53. The van der Waals surface area contributed by atoms with Crippen LogP contribution >= 0.6 is 11.3 Å². The average Bonchev–Trinajstić information content (AvgIpc) is 3.11. The maximum absolute atomic E-state index is 4.61. The Kier molecular flexibility index (Phi) is 5.19. The number of hydrogen-bond donors (Lipinski definition) is 1. The van der Waals surface area contributed by atoms with E-state index in [9.17, 15) is 0 Å². The van der Waals surface area contributed by atoms with Gasteiger partial charge < -0.3 is 0 Å². The SMILES string of the molecule is CCC(C)(C)C1CCc2sc3ncnc(NN=C(C)c4ccccc4)c3c2C1. The summed E-state index contributed by atoms with van der Waals surface area (Å²) in [6, 6.07) is 10.2. The van der Waals surface area contributed by atoms with Crippen molar-refractivity contribution in [2.75, 3.05) is 5.43 Å². The molecule has 28 heavy (non-hydrogen) atoms. The highest BCUT2D eigenvalue weighted by Crippen LogP contribution is 2.45. The lowest BCUT2D eigenvalue weighted by Gasteiger charge is -2.36. The number of anilines is 1. The van der Waals surface area contributed by atoms with E-state index in [1.54, 1.807) is 6.33 Å². The predicted octanol–water partition coefficient (Wildman–Crippen LogP) is 6.07. The zero-order chi connectivity index (χ0) is 19.7. The van der Waals surface area contributed by atoms with Crippen molar-refractivity contribution in [3.63, 3.8) is 0 Å². The van der Waals surface area contributed by atoms with Crippen LogP contribution in [0, 0.1) is 11.3 Å². The fourth-order valence-corrected chi connectivity index (χ4v) is 5.21. The van der Waals surface area contributed by atoms with E-state index < -0.39 is 0 Å². The van der Waals surface area contributed by atoms with Crippen molar-refractivity contribution < 1.29 is 0 Å². The van der Waals surface area contributed by atoms with Crippen LogP contribution in [-0.4, -0.2) is 15.7 Å². The molecule has 1 aromatic carbocycles. The first-order chi connectivity index (χ1) is 13.5. The lowest BCUT2D eigenvalue weighted by Crippen LogP contribution is -2.28. The van der Waals surface area contributed by atoms with Crippen LogP contribution in [0.4, 0.5) is 5.82 Å². The number of aryl methyl sites for hydroxylation is 1. The maximum Gasteiger partial charge on any atom is 0.158 e. The quantitative estimate of drug-likeness (QED) is 0.423. The second-order valence-electron chi connectivity index (χ2n) is 8.36. The summed E-state index contributed by atoms with van der Waals surface area (Å²) < 4.78 is 0. The summed E-state index contributed by atoms with van der Waals surface area (Å²) in [5.41, 5.74) is 7.08. The summed E-state index contributed by atoms with van der Waals surface area (Å²) in [6.07, 6.45) is 6.38. The molecule has 1 aliphatic carbocycles. The molecule has 0 aliphatic heterocycles. The van der Waals surface area contributed by atoms with Crippen molar-refractivity contribution in [3.05, 3.63) is 52.7 Å². The van der Waals surface area contributed by atoms with Crippen LogP contribution in [-0.2, 0) is 12.8 Å². The number of rotatable bonds is 5. The Bertz CT molecular complexity index is 1000. The first-order valence-electron chi connectivity index (χ1n) is 10.1. The minimum atomic E-state index is 0.358. The van der Waals surface area contributed by atoms with Gasteiger partial charge in [-0.1, -0.05) is 57.5 Å². The molecule has 0 fully saturated rings. The number of thiophene rings is 1. The van der Waals surface area contributed by atoms with E-state index >= 15 is 0 Å². The lowest BCUT2D eigenvalue weighted by molar-refractivity contribution is 0.184. The maximum atomic E-state index is 4.61. The van der Waals surface area contributed by atoms with Gasteiger partial charge in [-0.25, -0.2) is 9.97 Å². The van der Waals surface area contributed by atoms with E-state index in [1.165, 1.54) is 28.7 Å². The van der Waals surface area contributed by atoms with Crippen LogP contribution in [0.1, 0.15) is 56.5 Å². The Labute approximate surface area is 171 Å². The first kappa shape index (κ1) is 19.1. The molecule has 5 heteroatoms. The van der Waals surface area contributed by atoms with Crippen molar-refractivity contribution in [2.45, 2.75) is 53.4 Å². The molecule has 4 nitrogen and oxygen atoms in total. The van der Waals surface area contributed by atoms with Crippen LogP contribution in [0.25, 0.3) is 10.2 Å². The molecular formula is C23H28N4S. The van der Waals surface area contributed by atoms with Crippen LogP contribution < -0.4 is 5.43 Å². The minimum absolute atomic E-state index is 0.358. The van der Waals surface area contributed by atoms with Gasteiger partial charge in [0.2, 0.25) is 0 Å².